The normalized spacial score (nSPS) is 10.8. The molecule has 0 radical (unpaired) electrons. The number of hydrogen-bond donors (Lipinski definition) is 2. The lowest BCUT2D eigenvalue weighted by Gasteiger charge is -2.16. The number of H-pyrrole nitrogens is 1. The summed E-state index contributed by atoms with van der Waals surface area (Å²) >= 11 is 21.3. The zero-order chi connectivity index (χ0) is 21.0. The summed E-state index contributed by atoms with van der Waals surface area (Å²) < 4.78 is 14.6. The molecule has 0 aliphatic carbocycles. The molecule has 0 saturated heterocycles. The third kappa shape index (κ3) is 5.06. The molecular formula is C19H19BrCl2N4O2S. The summed E-state index contributed by atoms with van der Waals surface area (Å²) in [5, 5.41) is 8.09. The third-order valence-corrected chi connectivity index (χ3v) is 5.97. The van der Waals surface area contributed by atoms with Crippen LogP contribution in [0.2, 0.25) is 10.0 Å². The van der Waals surface area contributed by atoms with Gasteiger partial charge in [-0.25, -0.2) is 4.68 Å². The molecule has 0 unspecified atom stereocenters. The average molecular weight is 518 g/mol. The van der Waals surface area contributed by atoms with Gasteiger partial charge < -0.3 is 14.9 Å². The molecule has 0 amide bonds. The van der Waals surface area contributed by atoms with Crippen molar-refractivity contribution in [2.24, 2.45) is 0 Å². The number of halogens is 3. The fourth-order valence-corrected chi connectivity index (χ4v) is 3.88. The Bertz CT molecular complexity index is 1050. The van der Waals surface area contributed by atoms with Crippen LogP contribution in [0.3, 0.4) is 0 Å². The first-order chi connectivity index (χ1) is 13.9. The molecule has 0 aliphatic heterocycles. The van der Waals surface area contributed by atoms with Gasteiger partial charge in [-0.1, -0.05) is 52.1 Å². The van der Waals surface area contributed by atoms with Gasteiger partial charge in [0.1, 0.15) is 6.61 Å². The summed E-state index contributed by atoms with van der Waals surface area (Å²) in [6.07, 6.45) is 0.752. The molecule has 0 atom stereocenters. The zero-order valence-electron chi connectivity index (χ0n) is 15.8. The second kappa shape index (κ2) is 9.84. The van der Waals surface area contributed by atoms with Crippen LogP contribution in [0.15, 0.2) is 34.8 Å². The van der Waals surface area contributed by atoms with Gasteiger partial charge in [0.05, 0.1) is 13.7 Å². The number of aromatic amines is 1. The number of nitrogens with one attached hydrogen (secondary N) is 2. The van der Waals surface area contributed by atoms with Crippen molar-refractivity contribution in [1.82, 2.24) is 14.9 Å². The van der Waals surface area contributed by atoms with Gasteiger partial charge in [-0.3, -0.25) is 5.10 Å². The molecule has 29 heavy (non-hydrogen) atoms. The third-order valence-electron chi connectivity index (χ3n) is 4.25. The van der Waals surface area contributed by atoms with Gasteiger partial charge in [-0.15, -0.1) is 0 Å². The second-order valence-electron chi connectivity index (χ2n) is 6.05. The molecule has 0 saturated carbocycles. The standard InChI is InChI=1S/C19H19BrCl2N4O2S/c1-3-18-24-25-19(29)26(18)23-9-11-7-16(27-2)17(8-13(11)20)28-10-12-14(21)5-4-6-15(12)22/h4-8,23H,3,9-10H2,1-2H3,(H,25,29). The van der Waals surface area contributed by atoms with Gasteiger partial charge in [-0.2, -0.15) is 5.10 Å². The van der Waals surface area contributed by atoms with Crippen LogP contribution in [0, 0.1) is 4.77 Å². The summed E-state index contributed by atoms with van der Waals surface area (Å²) in [5.74, 6) is 2.00. The Kier molecular flexibility index (Phi) is 7.45. The first kappa shape index (κ1) is 22.0. The van der Waals surface area contributed by atoms with Gasteiger partial charge in [0.15, 0.2) is 17.3 Å². The largest absolute Gasteiger partial charge is 0.493 e. The SMILES string of the molecule is CCc1n[nH]c(=S)n1NCc1cc(OC)c(OCc2c(Cl)cccc2Cl)cc1Br. The maximum atomic E-state index is 6.22. The lowest BCUT2D eigenvalue weighted by atomic mass is 10.2. The van der Waals surface area contributed by atoms with Crippen molar-refractivity contribution in [1.29, 1.82) is 0 Å². The van der Waals surface area contributed by atoms with Crippen molar-refractivity contribution in [2.45, 2.75) is 26.5 Å². The van der Waals surface area contributed by atoms with Crippen LogP contribution >= 0.6 is 51.3 Å². The summed E-state index contributed by atoms with van der Waals surface area (Å²) in [4.78, 5) is 0. The molecule has 0 bridgehead atoms. The number of rotatable bonds is 8. The molecule has 3 aromatic rings. The van der Waals surface area contributed by atoms with Crippen LogP contribution < -0.4 is 14.9 Å². The maximum absolute atomic E-state index is 6.22. The van der Waals surface area contributed by atoms with E-state index in [1.165, 1.54) is 0 Å². The Labute approximate surface area is 192 Å². The number of ether oxygens (including phenoxy) is 2. The molecule has 0 aliphatic rings. The molecule has 2 N–H and O–H groups in total. The lowest BCUT2D eigenvalue weighted by Crippen LogP contribution is -2.17. The number of hydrogen-bond acceptors (Lipinski definition) is 5. The molecule has 3 rings (SSSR count). The van der Waals surface area contributed by atoms with E-state index in [1.807, 2.05) is 19.1 Å². The fraction of sp³-hybridized carbons (Fsp3) is 0.263. The van der Waals surface area contributed by atoms with Gasteiger partial charge >= 0.3 is 0 Å². The Hall–Kier alpha value is -1.74. The summed E-state index contributed by atoms with van der Waals surface area (Å²) in [6, 6.07) is 9.11. The number of nitrogens with zero attached hydrogens (tertiary/aromatic N) is 2. The van der Waals surface area contributed by atoms with E-state index in [9.17, 15) is 0 Å². The number of aryl methyl sites for hydroxylation is 1. The van der Waals surface area contributed by atoms with Crippen molar-refractivity contribution in [3.05, 3.63) is 66.6 Å². The molecule has 0 fully saturated rings. The quantitative estimate of drug-likeness (QED) is 0.364. The molecule has 1 heterocycles. The maximum Gasteiger partial charge on any atom is 0.214 e. The van der Waals surface area contributed by atoms with Crippen molar-refractivity contribution in [2.75, 3.05) is 12.5 Å². The van der Waals surface area contributed by atoms with Gasteiger partial charge in [0.25, 0.3) is 0 Å². The summed E-state index contributed by atoms with van der Waals surface area (Å²) in [7, 11) is 1.59. The first-order valence-corrected chi connectivity index (χ1v) is 10.7. The molecule has 10 heteroatoms. The van der Waals surface area contributed by atoms with Crippen LogP contribution in [-0.4, -0.2) is 22.0 Å². The van der Waals surface area contributed by atoms with E-state index in [0.717, 1.165) is 27.8 Å². The highest BCUT2D eigenvalue weighted by Crippen LogP contribution is 2.35. The van der Waals surface area contributed by atoms with Gasteiger partial charge in [-0.05, 0) is 42.0 Å². The molecule has 2 aromatic carbocycles. The Balaban J connectivity index is 1.78. The van der Waals surface area contributed by atoms with E-state index in [0.29, 0.717) is 32.9 Å². The Morgan fingerprint density at radius 1 is 1.24 bits per heavy atom. The fourth-order valence-electron chi connectivity index (χ4n) is 2.70. The van der Waals surface area contributed by atoms with E-state index in [4.69, 9.17) is 44.9 Å². The molecule has 0 spiro atoms. The van der Waals surface area contributed by atoms with Crippen molar-refractivity contribution in [3.63, 3.8) is 0 Å². The predicted molar refractivity (Wildman–Crippen MR) is 121 cm³/mol. The van der Waals surface area contributed by atoms with Crippen LogP contribution in [-0.2, 0) is 19.6 Å². The average Bonchev–Trinajstić information content (AvgIpc) is 3.06. The van der Waals surface area contributed by atoms with Crippen molar-refractivity contribution < 1.29 is 9.47 Å². The van der Waals surface area contributed by atoms with Crippen LogP contribution in [0.25, 0.3) is 0 Å². The zero-order valence-corrected chi connectivity index (χ0v) is 19.7. The van der Waals surface area contributed by atoms with Gasteiger partial charge in [0.2, 0.25) is 4.77 Å². The summed E-state index contributed by atoms with van der Waals surface area (Å²) in [5.41, 5.74) is 4.96. The monoisotopic (exact) mass is 516 g/mol. The smallest absolute Gasteiger partial charge is 0.214 e. The lowest BCUT2D eigenvalue weighted by molar-refractivity contribution is 0.284. The topological polar surface area (TPSA) is 64.1 Å². The van der Waals surface area contributed by atoms with Crippen molar-refractivity contribution in [3.8, 4) is 11.5 Å². The van der Waals surface area contributed by atoms with E-state index in [-0.39, 0.29) is 6.61 Å². The number of aromatic nitrogens is 3. The van der Waals surface area contributed by atoms with Crippen LogP contribution in [0.4, 0.5) is 0 Å². The molecule has 1 aromatic heterocycles. The Morgan fingerprint density at radius 3 is 2.62 bits per heavy atom. The van der Waals surface area contributed by atoms with Gasteiger partial charge in [0, 0.05) is 26.5 Å². The van der Waals surface area contributed by atoms with E-state index in [1.54, 1.807) is 30.0 Å². The van der Waals surface area contributed by atoms with E-state index >= 15 is 0 Å². The summed E-state index contributed by atoms with van der Waals surface area (Å²) in [6.45, 7) is 2.75. The molecule has 6 nitrogen and oxygen atoms in total. The minimum absolute atomic E-state index is 0.225. The number of benzene rings is 2. The minimum Gasteiger partial charge on any atom is -0.493 e. The van der Waals surface area contributed by atoms with Crippen LogP contribution in [0.1, 0.15) is 23.9 Å². The highest BCUT2D eigenvalue weighted by Gasteiger charge is 2.13. The Morgan fingerprint density at radius 2 is 1.97 bits per heavy atom. The highest BCUT2D eigenvalue weighted by atomic mass is 79.9. The molecular weight excluding hydrogens is 499 g/mol. The first-order valence-electron chi connectivity index (χ1n) is 8.76. The second-order valence-corrected chi connectivity index (χ2v) is 8.11. The highest BCUT2D eigenvalue weighted by molar-refractivity contribution is 9.10. The number of methoxy groups -OCH3 is 1. The van der Waals surface area contributed by atoms with Crippen molar-refractivity contribution >= 4 is 51.3 Å². The minimum atomic E-state index is 0.225. The molecule has 154 valence electrons. The van der Waals surface area contributed by atoms with E-state index < -0.39 is 0 Å². The predicted octanol–water partition coefficient (Wildman–Crippen LogP) is 5.90. The van der Waals surface area contributed by atoms with Crippen LogP contribution in [0.5, 0.6) is 11.5 Å². The van der Waals surface area contributed by atoms with E-state index in [2.05, 4.69) is 31.6 Å².